The molecule has 0 spiro atoms. The minimum absolute atomic E-state index is 0.000926. The van der Waals surface area contributed by atoms with Crippen molar-refractivity contribution in [2.75, 3.05) is 26.4 Å². The van der Waals surface area contributed by atoms with Crippen LogP contribution < -0.4 is 20.5 Å². The maximum Gasteiger partial charge on any atom is 0.343 e. The number of carbonyl (C=O) groups excluding carboxylic acids is 2. The van der Waals surface area contributed by atoms with Crippen molar-refractivity contribution in [3.8, 4) is 11.5 Å². The molecule has 0 heterocycles. The van der Waals surface area contributed by atoms with E-state index in [2.05, 4.69) is 19.2 Å². The van der Waals surface area contributed by atoms with Crippen molar-refractivity contribution < 1.29 is 28.5 Å². The first-order valence-corrected chi connectivity index (χ1v) is 14.4. The van der Waals surface area contributed by atoms with Gasteiger partial charge in [-0.3, -0.25) is 10.2 Å². The zero-order valence-corrected chi connectivity index (χ0v) is 25.0. The van der Waals surface area contributed by atoms with Crippen molar-refractivity contribution in [1.82, 2.24) is 5.32 Å². The Hall–Kier alpha value is -3.95. The van der Waals surface area contributed by atoms with Crippen LogP contribution in [0.15, 0.2) is 60.7 Å². The number of nitrogens with two attached hydrogens (primary N) is 1. The Morgan fingerprint density at radius 2 is 1.55 bits per heavy atom. The maximum atomic E-state index is 12.6. The first-order valence-electron chi connectivity index (χ1n) is 14.4. The number of nitrogens with one attached hydrogen (secondary N) is 2. The number of rotatable bonds is 17. The lowest BCUT2D eigenvalue weighted by Crippen LogP contribution is -2.28. The van der Waals surface area contributed by atoms with Gasteiger partial charge in [-0.1, -0.05) is 18.2 Å². The highest BCUT2D eigenvalue weighted by Gasteiger charge is 2.18. The van der Waals surface area contributed by atoms with Gasteiger partial charge in [-0.25, -0.2) is 4.79 Å². The second-order valence-electron chi connectivity index (χ2n) is 11.0. The van der Waals surface area contributed by atoms with Crippen molar-refractivity contribution in [3.63, 3.8) is 0 Å². The van der Waals surface area contributed by atoms with E-state index in [0.29, 0.717) is 55.4 Å². The largest absolute Gasteiger partial charge is 0.492 e. The van der Waals surface area contributed by atoms with Crippen LogP contribution in [0.4, 0.5) is 0 Å². The number of unbranched alkanes of at least 4 members (excludes halogenated alkanes) is 1. The average Bonchev–Trinajstić information content (AvgIpc) is 2.94. The third-order valence-corrected chi connectivity index (χ3v) is 6.56. The quantitative estimate of drug-likeness (QED) is 0.0624. The topological polar surface area (TPSA) is 133 Å². The Morgan fingerprint density at radius 1 is 0.881 bits per heavy atom. The van der Waals surface area contributed by atoms with Gasteiger partial charge in [-0.2, -0.15) is 0 Å². The molecule has 0 atom stereocenters. The SMILES string of the molecule is CC(C)OCCC(C)(C)OCCCCC(=O)NCCOc1ccc(C(=O)Oc2ccc3cc(C(=N)N)ccc3c2)cc1. The zero-order valence-electron chi connectivity index (χ0n) is 25.0. The van der Waals surface area contributed by atoms with E-state index >= 15 is 0 Å². The van der Waals surface area contributed by atoms with E-state index in [1.807, 2.05) is 32.0 Å². The smallest absolute Gasteiger partial charge is 0.343 e. The summed E-state index contributed by atoms with van der Waals surface area (Å²) in [6, 6.07) is 17.4. The van der Waals surface area contributed by atoms with Gasteiger partial charge in [0.05, 0.1) is 23.8 Å². The van der Waals surface area contributed by atoms with Gasteiger partial charge in [-0.15, -0.1) is 0 Å². The lowest BCUT2D eigenvalue weighted by molar-refractivity contribution is -0.121. The van der Waals surface area contributed by atoms with Gasteiger partial charge in [0.1, 0.15) is 23.9 Å². The zero-order chi connectivity index (χ0) is 30.5. The van der Waals surface area contributed by atoms with Gasteiger partial charge in [0.2, 0.25) is 5.91 Å². The van der Waals surface area contributed by atoms with Crippen LogP contribution in [0, 0.1) is 5.41 Å². The van der Waals surface area contributed by atoms with E-state index in [4.69, 9.17) is 30.1 Å². The summed E-state index contributed by atoms with van der Waals surface area (Å²) in [5.74, 6) is 0.506. The molecular formula is C33H43N3O6. The van der Waals surface area contributed by atoms with Crippen molar-refractivity contribution >= 4 is 28.5 Å². The molecule has 0 radical (unpaired) electrons. The molecule has 0 aliphatic rings. The normalized spacial score (nSPS) is 11.5. The predicted molar refractivity (Wildman–Crippen MR) is 164 cm³/mol. The van der Waals surface area contributed by atoms with Crippen molar-refractivity contribution in [1.29, 1.82) is 5.41 Å². The van der Waals surface area contributed by atoms with Gasteiger partial charge < -0.3 is 30.0 Å². The maximum absolute atomic E-state index is 12.6. The van der Waals surface area contributed by atoms with Crippen LogP contribution in [0.5, 0.6) is 11.5 Å². The summed E-state index contributed by atoms with van der Waals surface area (Å²) in [4.78, 5) is 24.7. The molecule has 0 saturated carbocycles. The lowest BCUT2D eigenvalue weighted by atomic mass is 10.1. The molecule has 0 aliphatic carbocycles. The molecule has 3 aromatic carbocycles. The van der Waals surface area contributed by atoms with Gasteiger partial charge in [0.15, 0.2) is 0 Å². The van der Waals surface area contributed by atoms with E-state index in [9.17, 15) is 9.59 Å². The van der Waals surface area contributed by atoms with E-state index in [1.54, 1.807) is 42.5 Å². The molecule has 0 saturated heterocycles. The minimum Gasteiger partial charge on any atom is -0.492 e. The molecule has 4 N–H and O–H groups in total. The van der Waals surface area contributed by atoms with E-state index in [1.165, 1.54) is 0 Å². The third kappa shape index (κ3) is 11.1. The van der Waals surface area contributed by atoms with Gasteiger partial charge in [0.25, 0.3) is 0 Å². The van der Waals surface area contributed by atoms with E-state index in [-0.39, 0.29) is 23.4 Å². The summed E-state index contributed by atoms with van der Waals surface area (Å²) < 4.78 is 22.8. The second kappa shape index (κ2) is 15.9. The summed E-state index contributed by atoms with van der Waals surface area (Å²) in [5, 5.41) is 12.2. The van der Waals surface area contributed by atoms with E-state index < -0.39 is 5.97 Å². The third-order valence-electron chi connectivity index (χ3n) is 6.56. The Balaban J connectivity index is 1.31. The summed E-state index contributed by atoms with van der Waals surface area (Å²) in [6.07, 6.45) is 3.05. The number of esters is 1. The second-order valence-corrected chi connectivity index (χ2v) is 11.0. The first-order chi connectivity index (χ1) is 20.0. The fraction of sp³-hybridized carbons (Fsp3) is 0.424. The Morgan fingerprint density at radius 3 is 2.26 bits per heavy atom. The van der Waals surface area contributed by atoms with Crippen LogP contribution >= 0.6 is 0 Å². The first kappa shape index (κ1) is 32.6. The Bertz CT molecular complexity index is 1340. The summed E-state index contributed by atoms with van der Waals surface area (Å²) in [6.45, 7) is 10.1. The molecule has 1 amide bonds. The molecule has 0 aliphatic heterocycles. The summed E-state index contributed by atoms with van der Waals surface area (Å²) in [5.41, 5.74) is 6.34. The molecule has 0 aromatic heterocycles. The highest BCUT2D eigenvalue weighted by molar-refractivity contribution is 5.99. The molecule has 0 unspecified atom stereocenters. The molecule has 3 aromatic rings. The van der Waals surface area contributed by atoms with Gasteiger partial charge >= 0.3 is 5.97 Å². The summed E-state index contributed by atoms with van der Waals surface area (Å²) in [7, 11) is 0. The Kier molecular flexibility index (Phi) is 12.3. The van der Waals surface area contributed by atoms with Crippen molar-refractivity contribution in [3.05, 3.63) is 71.8 Å². The molecule has 42 heavy (non-hydrogen) atoms. The number of carbonyl (C=O) groups is 2. The summed E-state index contributed by atoms with van der Waals surface area (Å²) >= 11 is 0. The van der Waals surface area contributed by atoms with Crippen LogP contribution in [0.1, 0.15) is 69.3 Å². The van der Waals surface area contributed by atoms with Crippen molar-refractivity contribution in [2.45, 2.75) is 65.1 Å². The van der Waals surface area contributed by atoms with Crippen LogP contribution in [0.25, 0.3) is 10.8 Å². The molecule has 0 bridgehead atoms. The average molecular weight is 578 g/mol. The number of benzene rings is 3. The number of hydrogen-bond donors (Lipinski definition) is 3. The van der Waals surface area contributed by atoms with Crippen LogP contribution in [0.2, 0.25) is 0 Å². The standard InChI is InChI=1S/C33H43N3O6/c1-23(2)39-19-16-33(3,4)41-18-6-5-7-30(37)36-17-20-40-28-13-10-24(11-14-28)32(38)42-29-15-12-25-21-27(31(34)35)9-8-26(25)22-29/h8-15,21-23H,5-7,16-20H2,1-4H3,(H3,34,35)(H,36,37). The molecule has 9 heteroatoms. The number of amides is 1. The highest BCUT2D eigenvalue weighted by Crippen LogP contribution is 2.23. The number of nitrogen functional groups attached to an aromatic ring is 1. The van der Waals surface area contributed by atoms with Gasteiger partial charge in [0, 0.05) is 25.2 Å². The van der Waals surface area contributed by atoms with Crippen LogP contribution in [-0.2, 0) is 14.3 Å². The lowest BCUT2D eigenvalue weighted by Gasteiger charge is -2.25. The fourth-order valence-corrected chi connectivity index (χ4v) is 4.10. The molecular weight excluding hydrogens is 534 g/mol. The number of fused-ring (bicyclic) bond motifs is 1. The van der Waals surface area contributed by atoms with Crippen LogP contribution in [0.3, 0.4) is 0 Å². The van der Waals surface area contributed by atoms with Crippen molar-refractivity contribution in [2.24, 2.45) is 5.73 Å². The van der Waals surface area contributed by atoms with E-state index in [0.717, 1.165) is 30.0 Å². The molecule has 3 rings (SSSR count). The minimum atomic E-state index is -0.484. The number of ether oxygens (including phenoxy) is 4. The highest BCUT2D eigenvalue weighted by atomic mass is 16.5. The predicted octanol–water partition coefficient (Wildman–Crippen LogP) is 5.62. The number of hydrogen-bond acceptors (Lipinski definition) is 7. The number of amidine groups is 1. The molecule has 226 valence electrons. The monoisotopic (exact) mass is 577 g/mol. The van der Waals surface area contributed by atoms with Gasteiger partial charge in [-0.05, 0) is 100 Å². The Labute approximate surface area is 248 Å². The molecule has 0 fully saturated rings. The molecule has 9 nitrogen and oxygen atoms in total. The fourth-order valence-electron chi connectivity index (χ4n) is 4.10. The van der Waals surface area contributed by atoms with Crippen LogP contribution in [-0.4, -0.2) is 55.8 Å².